The number of nitrogen functional groups attached to an aromatic ring is 1. The van der Waals surface area contributed by atoms with Gasteiger partial charge in [0.05, 0.1) is 25.3 Å². The molecule has 1 aliphatic carbocycles. The summed E-state index contributed by atoms with van der Waals surface area (Å²) >= 11 is 0. The van der Waals surface area contributed by atoms with E-state index in [1.165, 1.54) is 6.33 Å². The van der Waals surface area contributed by atoms with Crippen LogP contribution in [0.5, 0.6) is 0 Å². The predicted molar refractivity (Wildman–Crippen MR) is 69.9 cm³/mol. The van der Waals surface area contributed by atoms with Gasteiger partial charge in [-0.2, -0.15) is 0 Å². The second-order valence-corrected chi connectivity index (χ2v) is 6.58. The zero-order valence-electron chi connectivity index (χ0n) is 13.1. The Bertz CT molecular complexity index is 705. The van der Waals surface area contributed by atoms with Crippen LogP contribution in [0, 0.1) is 5.92 Å². The SMILES string of the molecule is Nc1ncnc2c1ncn2C(COCP(=O)([O-])[O-])C1CC1.[Na+].[Na+]. The van der Waals surface area contributed by atoms with Crippen molar-refractivity contribution in [3.8, 4) is 0 Å². The van der Waals surface area contributed by atoms with Crippen molar-refractivity contribution >= 4 is 24.6 Å². The number of nitrogens with zero attached hydrogens (tertiary/aromatic N) is 4. The summed E-state index contributed by atoms with van der Waals surface area (Å²) in [5.41, 5.74) is 6.82. The van der Waals surface area contributed by atoms with Gasteiger partial charge in [-0.05, 0) is 26.4 Å². The molecule has 1 atom stereocenters. The van der Waals surface area contributed by atoms with Gasteiger partial charge in [-0.25, -0.2) is 15.0 Å². The molecule has 9 nitrogen and oxygen atoms in total. The minimum Gasteiger partial charge on any atom is -0.809 e. The molecule has 0 radical (unpaired) electrons. The van der Waals surface area contributed by atoms with E-state index in [0.717, 1.165) is 12.8 Å². The van der Waals surface area contributed by atoms with Crippen molar-refractivity contribution in [2.24, 2.45) is 5.92 Å². The van der Waals surface area contributed by atoms with Crippen molar-refractivity contribution in [3.05, 3.63) is 12.7 Å². The van der Waals surface area contributed by atoms with Gasteiger partial charge in [0.1, 0.15) is 11.8 Å². The van der Waals surface area contributed by atoms with E-state index in [-0.39, 0.29) is 77.6 Å². The number of rotatable bonds is 6. The van der Waals surface area contributed by atoms with Gasteiger partial charge in [0, 0.05) is 0 Å². The van der Waals surface area contributed by atoms with Crippen LogP contribution < -0.4 is 74.6 Å². The van der Waals surface area contributed by atoms with E-state index >= 15 is 0 Å². The van der Waals surface area contributed by atoms with E-state index < -0.39 is 13.9 Å². The van der Waals surface area contributed by atoms with E-state index in [1.54, 1.807) is 6.33 Å². The number of hydrogen-bond acceptors (Lipinski definition) is 8. The second kappa shape index (κ2) is 8.71. The largest absolute Gasteiger partial charge is 1.00 e. The first kappa shape index (κ1) is 21.5. The summed E-state index contributed by atoms with van der Waals surface area (Å²) < 4.78 is 17.5. The third kappa shape index (κ3) is 5.47. The molecule has 1 fully saturated rings. The normalized spacial score (nSPS) is 15.7. The predicted octanol–water partition coefficient (Wildman–Crippen LogP) is -6.74. The number of nitrogens with two attached hydrogens (primary N) is 1. The van der Waals surface area contributed by atoms with Gasteiger partial charge in [0.2, 0.25) is 0 Å². The van der Waals surface area contributed by atoms with Crippen LogP contribution in [0.1, 0.15) is 18.9 Å². The summed E-state index contributed by atoms with van der Waals surface area (Å²) in [4.78, 5) is 33.5. The minimum atomic E-state index is -4.66. The Kier molecular flexibility index (Phi) is 8.14. The van der Waals surface area contributed by atoms with Crippen molar-refractivity contribution in [1.82, 2.24) is 19.5 Å². The first-order valence-corrected chi connectivity index (χ1v) is 8.20. The summed E-state index contributed by atoms with van der Waals surface area (Å²) in [5.74, 6) is 0.647. The molecule has 0 amide bonds. The van der Waals surface area contributed by atoms with E-state index in [2.05, 4.69) is 15.0 Å². The minimum absolute atomic E-state index is 0. The van der Waals surface area contributed by atoms with Crippen LogP contribution in [0.3, 0.4) is 0 Å². The Morgan fingerprint density at radius 2 is 2.04 bits per heavy atom. The number of imidazole rings is 1. The maximum Gasteiger partial charge on any atom is 1.00 e. The van der Waals surface area contributed by atoms with Crippen molar-refractivity contribution < 1.29 is 78.2 Å². The standard InChI is InChI=1S/C11H16N5O4P.2Na/c12-10-9-11(14-4-13-10)16(5-15-9)8(7-1-2-7)3-20-6-21(17,18)19;;/h4-5,7-8H,1-3,6H2,(H2,12,13,14)(H2,17,18,19);;/q;2*+1/p-2. The molecular weight excluding hydrogens is 343 g/mol. The van der Waals surface area contributed by atoms with Gasteiger partial charge in [0.15, 0.2) is 11.5 Å². The van der Waals surface area contributed by atoms with E-state index in [1.807, 2.05) is 4.57 Å². The zero-order valence-corrected chi connectivity index (χ0v) is 18.0. The quantitative estimate of drug-likeness (QED) is 0.397. The molecule has 1 aliphatic rings. The third-order valence-corrected chi connectivity index (χ3v) is 3.95. The second-order valence-electron chi connectivity index (χ2n) is 5.10. The van der Waals surface area contributed by atoms with Crippen molar-refractivity contribution in [2.45, 2.75) is 18.9 Å². The molecule has 1 saturated carbocycles. The maximum absolute atomic E-state index is 10.6. The molecule has 3 rings (SSSR count). The molecule has 1 unspecified atom stereocenters. The molecule has 2 N–H and O–H groups in total. The fourth-order valence-corrected chi connectivity index (χ4v) is 2.65. The molecule has 12 heteroatoms. The fourth-order valence-electron chi connectivity index (χ4n) is 2.32. The van der Waals surface area contributed by atoms with Crippen LogP contribution in [0.25, 0.3) is 11.2 Å². The average Bonchev–Trinajstić information content (AvgIpc) is 3.14. The summed E-state index contributed by atoms with van der Waals surface area (Å²) in [6, 6.07) is -0.115. The van der Waals surface area contributed by atoms with Crippen molar-refractivity contribution in [3.63, 3.8) is 0 Å². The Balaban J connectivity index is 0.00000132. The van der Waals surface area contributed by atoms with Crippen LogP contribution in [-0.4, -0.2) is 32.5 Å². The summed E-state index contributed by atoms with van der Waals surface area (Å²) in [6.07, 6.45) is 4.17. The van der Waals surface area contributed by atoms with Crippen molar-refractivity contribution in [2.75, 3.05) is 18.7 Å². The smallest absolute Gasteiger partial charge is 0.809 e. The Labute approximate surface area is 177 Å². The first-order chi connectivity index (χ1) is 9.96. The van der Waals surface area contributed by atoms with E-state index in [0.29, 0.717) is 17.1 Å². The zero-order chi connectivity index (χ0) is 15.0. The topological polar surface area (TPSA) is 142 Å². The number of ether oxygens (including phenoxy) is 1. The number of anilines is 1. The van der Waals surface area contributed by atoms with Crippen LogP contribution in [0.4, 0.5) is 5.82 Å². The van der Waals surface area contributed by atoms with Crippen molar-refractivity contribution in [1.29, 1.82) is 0 Å². The molecular formula is C11H14N5Na2O4P. The molecule has 0 bridgehead atoms. The maximum atomic E-state index is 10.6. The third-order valence-electron chi connectivity index (χ3n) is 3.45. The van der Waals surface area contributed by atoms with Gasteiger partial charge >= 0.3 is 59.1 Å². The molecule has 2 aromatic heterocycles. The summed E-state index contributed by atoms with van der Waals surface area (Å²) in [5, 5.41) is 0. The molecule has 2 aromatic rings. The Morgan fingerprint density at radius 1 is 1.35 bits per heavy atom. The van der Waals surface area contributed by atoms with Gasteiger partial charge in [0.25, 0.3) is 0 Å². The summed E-state index contributed by atoms with van der Waals surface area (Å²) in [7, 11) is -4.66. The van der Waals surface area contributed by atoms with Gasteiger partial charge in [-0.3, -0.25) is 0 Å². The molecule has 0 saturated heterocycles. The van der Waals surface area contributed by atoms with Gasteiger partial charge < -0.3 is 29.4 Å². The van der Waals surface area contributed by atoms with E-state index in [4.69, 9.17) is 10.5 Å². The van der Waals surface area contributed by atoms with Crippen LogP contribution in [-0.2, 0) is 9.30 Å². The van der Waals surface area contributed by atoms with Gasteiger partial charge in [-0.15, -0.1) is 0 Å². The van der Waals surface area contributed by atoms with Crippen LogP contribution >= 0.6 is 7.60 Å². The molecule has 0 spiro atoms. The number of hydrogen-bond donors (Lipinski definition) is 1. The number of fused-ring (bicyclic) bond motifs is 1. The average molecular weight is 357 g/mol. The Morgan fingerprint density at radius 3 is 2.65 bits per heavy atom. The van der Waals surface area contributed by atoms with E-state index in [9.17, 15) is 14.4 Å². The van der Waals surface area contributed by atoms with Gasteiger partial charge in [-0.1, -0.05) is 0 Å². The van der Waals surface area contributed by atoms with Crippen LogP contribution in [0.2, 0.25) is 0 Å². The molecule has 0 aromatic carbocycles. The first-order valence-electron chi connectivity index (χ1n) is 6.47. The molecule has 2 heterocycles. The fraction of sp³-hybridized carbons (Fsp3) is 0.545. The monoisotopic (exact) mass is 357 g/mol. The Hall–Kier alpha value is 0.460. The molecule has 23 heavy (non-hydrogen) atoms. The number of aromatic nitrogens is 4. The molecule has 0 aliphatic heterocycles. The molecule has 114 valence electrons. The summed E-state index contributed by atoms with van der Waals surface area (Å²) in [6.45, 7) is 0.120. The van der Waals surface area contributed by atoms with Crippen LogP contribution in [0.15, 0.2) is 12.7 Å².